The second-order valence-electron chi connectivity index (χ2n) is 6.53. The smallest absolute Gasteiger partial charge is 0.269 e. The van der Waals surface area contributed by atoms with Crippen molar-refractivity contribution in [3.63, 3.8) is 0 Å². The third-order valence-electron chi connectivity index (χ3n) is 4.32. The van der Waals surface area contributed by atoms with E-state index in [9.17, 15) is 10.1 Å². The quantitative estimate of drug-likeness (QED) is 0.168. The summed E-state index contributed by atoms with van der Waals surface area (Å²) >= 11 is 14.3. The number of nitro benzene ring substituents is 1. The molecule has 0 amide bonds. The highest BCUT2D eigenvalue weighted by Crippen LogP contribution is 2.35. The Morgan fingerprint density at radius 2 is 1.74 bits per heavy atom. The molecule has 0 aromatic heterocycles. The molecule has 0 radical (unpaired) electrons. The minimum absolute atomic E-state index is 0.0483. The minimum Gasteiger partial charge on any atom is -0.490 e. The topological polar surface area (TPSA) is 73.6 Å². The van der Waals surface area contributed by atoms with Crippen molar-refractivity contribution in [3.8, 4) is 11.5 Å². The first-order valence-corrected chi connectivity index (χ1v) is 11.2. The first-order valence-electron chi connectivity index (χ1n) is 9.37. The van der Waals surface area contributed by atoms with Crippen molar-refractivity contribution in [3.05, 3.63) is 89.5 Å². The lowest BCUT2D eigenvalue weighted by atomic mass is 10.2. The van der Waals surface area contributed by atoms with Crippen molar-refractivity contribution in [2.75, 3.05) is 11.9 Å². The van der Waals surface area contributed by atoms with Crippen LogP contribution in [0.1, 0.15) is 18.1 Å². The van der Waals surface area contributed by atoms with Crippen LogP contribution in [0.15, 0.2) is 54.6 Å². The van der Waals surface area contributed by atoms with Crippen LogP contribution in [-0.2, 0) is 13.2 Å². The Kier molecular flexibility index (Phi) is 8.22. The number of halogens is 3. The summed E-state index contributed by atoms with van der Waals surface area (Å²) in [5.41, 5.74) is 2.75. The van der Waals surface area contributed by atoms with Gasteiger partial charge >= 0.3 is 0 Å². The summed E-state index contributed by atoms with van der Waals surface area (Å²) < 4.78 is 12.7. The maximum atomic E-state index is 10.8. The van der Waals surface area contributed by atoms with E-state index in [4.69, 9.17) is 32.7 Å². The number of rotatable bonds is 9. The Bertz CT molecular complexity index is 1080. The van der Waals surface area contributed by atoms with Crippen molar-refractivity contribution in [2.24, 2.45) is 0 Å². The zero-order chi connectivity index (χ0) is 22.4. The van der Waals surface area contributed by atoms with E-state index < -0.39 is 4.92 Å². The summed E-state index contributed by atoms with van der Waals surface area (Å²) in [5, 5.41) is 15.1. The van der Waals surface area contributed by atoms with Gasteiger partial charge in [0.1, 0.15) is 6.61 Å². The molecule has 3 rings (SSSR count). The molecule has 0 atom stereocenters. The molecule has 9 heteroatoms. The summed E-state index contributed by atoms with van der Waals surface area (Å²) in [6.45, 7) is 3.24. The van der Waals surface area contributed by atoms with Crippen LogP contribution in [-0.4, -0.2) is 11.5 Å². The fourth-order valence-corrected chi connectivity index (χ4v) is 3.93. The summed E-state index contributed by atoms with van der Waals surface area (Å²) in [6.07, 6.45) is 0. The van der Waals surface area contributed by atoms with Crippen LogP contribution in [0.4, 0.5) is 11.4 Å². The molecule has 162 valence electrons. The Morgan fingerprint density at radius 1 is 1.00 bits per heavy atom. The van der Waals surface area contributed by atoms with Gasteiger partial charge in [0.2, 0.25) is 0 Å². The number of nitro groups is 1. The van der Waals surface area contributed by atoms with Crippen LogP contribution in [0.5, 0.6) is 11.5 Å². The molecule has 0 bridgehead atoms. The van der Waals surface area contributed by atoms with Crippen LogP contribution in [0, 0.1) is 13.7 Å². The summed E-state index contributed by atoms with van der Waals surface area (Å²) in [6, 6.07) is 15.6. The number of benzene rings is 3. The zero-order valence-electron chi connectivity index (χ0n) is 16.5. The lowest BCUT2D eigenvalue weighted by molar-refractivity contribution is -0.384. The number of anilines is 1. The Labute approximate surface area is 203 Å². The Morgan fingerprint density at radius 3 is 2.39 bits per heavy atom. The molecule has 0 unspecified atom stereocenters. The molecular formula is C22H19Cl2IN2O4. The predicted molar refractivity (Wildman–Crippen MR) is 132 cm³/mol. The molecule has 0 saturated carbocycles. The fourth-order valence-electron chi connectivity index (χ4n) is 2.81. The minimum atomic E-state index is -0.425. The highest BCUT2D eigenvalue weighted by atomic mass is 127. The number of nitrogens with zero attached hydrogens (tertiary/aromatic N) is 1. The maximum Gasteiger partial charge on any atom is 0.269 e. The number of ether oxygens (including phenoxy) is 2. The van der Waals surface area contributed by atoms with Crippen molar-refractivity contribution in [1.29, 1.82) is 0 Å². The first-order chi connectivity index (χ1) is 14.9. The van der Waals surface area contributed by atoms with Gasteiger partial charge in [-0.15, -0.1) is 0 Å². The molecule has 0 spiro atoms. The zero-order valence-corrected chi connectivity index (χ0v) is 20.2. The summed E-state index contributed by atoms with van der Waals surface area (Å²) in [7, 11) is 0. The second kappa shape index (κ2) is 10.9. The molecule has 0 fully saturated rings. The number of non-ortho nitro benzene ring substituents is 1. The van der Waals surface area contributed by atoms with E-state index in [1.165, 1.54) is 12.1 Å². The van der Waals surface area contributed by atoms with Gasteiger partial charge in [-0.1, -0.05) is 23.2 Å². The molecule has 31 heavy (non-hydrogen) atoms. The van der Waals surface area contributed by atoms with Crippen LogP contribution >= 0.6 is 45.8 Å². The summed E-state index contributed by atoms with van der Waals surface area (Å²) in [4.78, 5) is 10.4. The van der Waals surface area contributed by atoms with Gasteiger partial charge in [-0.2, -0.15) is 0 Å². The van der Waals surface area contributed by atoms with Crippen LogP contribution < -0.4 is 14.8 Å². The van der Waals surface area contributed by atoms with Gasteiger partial charge in [-0.05, 0) is 83.1 Å². The predicted octanol–water partition coefficient (Wildman–Crippen LogP) is 7.10. The molecular weight excluding hydrogens is 554 g/mol. The van der Waals surface area contributed by atoms with Gasteiger partial charge in [-0.3, -0.25) is 10.1 Å². The standard InChI is InChI=1S/C22H19Cl2IN2O4/c1-2-30-21-10-15(12-26-16-5-8-18(23)19(24)11-16)9-20(25)22(21)31-13-14-3-6-17(7-4-14)27(28)29/h3-11,26H,2,12-13H2,1H3. The third kappa shape index (κ3) is 6.38. The SMILES string of the molecule is CCOc1cc(CNc2ccc(Cl)c(Cl)c2)cc(I)c1OCc1ccc([N+](=O)[O-])cc1. The van der Waals surface area contributed by atoms with E-state index in [0.717, 1.165) is 20.4 Å². The van der Waals surface area contributed by atoms with Crippen molar-refractivity contribution >= 4 is 57.2 Å². The van der Waals surface area contributed by atoms with Crippen molar-refractivity contribution in [1.82, 2.24) is 0 Å². The van der Waals surface area contributed by atoms with Gasteiger partial charge < -0.3 is 14.8 Å². The van der Waals surface area contributed by atoms with Gasteiger partial charge in [-0.25, -0.2) is 0 Å². The van der Waals surface area contributed by atoms with E-state index in [2.05, 4.69) is 27.9 Å². The van der Waals surface area contributed by atoms with Gasteiger partial charge in [0.25, 0.3) is 5.69 Å². The van der Waals surface area contributed by atoms with Crippen molar-refractivity contribution in [2.45, 2.75) is 20.1 Å². The highest BCUT2D eigenvalue weighted by molar-refractivity contribution is 14.1. The molecule has 0 aliphatic heterocycles. The summed E-state index contributed by atoms with van der Waals surface area (Å²) in [5.74, 6) is 1.28. The first kappa shape index (κ1) is 23.4. The molecule has 3 aromatic rings. The lowest BCUT2D eigenvalue weighted by Crippen LogP contribution is -2.05. The molecule has 6 nitrogen and oxygen atoms in total. The van der Waals surface area contributed by atoms with Gasteiger partial charge in [0.05, 0.1) is 25.1 Å². The molecule has 0 heterocycles. The lowest BCUT2D eigenvalue weighted by Gasteiger charge is -2.16. The molecule has 0 aliphatic carbocycles. The molecule has 0 aliphatic rings. The van der Waals surface area contributed by atoms with Crippen LogP contribution in [0.25, 0.3) is 0 Å². The van der Waals surface area contributed by atoms with E-state index in [-0.39, 0.29) is 12.3 Å². The normalized spacial score (nSPS) is 10.6. The van der Waals surface area contributed by atoms with Crippen LogP contribution in [0.2, 0.25) is 10.0 Å². The van der Waals surface area contributed by atoms with Crippen LogP contribution in [0.3, 0.4) is 0 Å². The van der Waals surface area contributed by atoms with E-state index in [1.54, 1.807) is 24.3 Å². The van der Waals surface area contributed by atoms with Gasteiger partial charge in [0, 0.05) is 24.4 Å². The molecule has 1 N–H and O–H groups in total. The average molecular weight is 573 g/mol. The third-order valence-corrected chi connectivity index (χ3v) is 5.86. The number of hydrogen-bond donors (Lipinski definition) is 1. The maximum absolute atomic E-state index is 10.8. The highest BCUT2D eigenvalue weighted by Gasteiger charge is 2.13. The second-order valence-corrected chi connectivity index (χ2v) is 8.51. The Balaban J connectivity index is 1.73. The van der Waals surface area contributed by atoms with Gasteiger partial charge in [0.15, 0.2) is 11.5 Å². The molecule has 3 aromatic carbocycles. The van der Waals surface area contributed by atoms with E-state index in [1.807, 2.05) is 25.1 Å². The largest absolute Gasteiger partial charge is 0.490 e. The number of nitrogens with one attached hydrogen (secondary N) is 1. The van der Waals surface area contributed by atoms with E-state index in [0.29, 0.717) is 34.7 Å². The average Bonchev–Trinajstić information content (AvgIpc) is 2.74. The fraction of sp³-hybridized carbons (Fsp3) is 0.182. The number of hydrogen-bond acceptors (Lipinski definition) is 5. The molecule has 0 saturated heterocycles. The monoisotopic (exact) mass is 572 g/mol. The van der Waals surface area contributed by atoms with E-state index >= 15 is 0 Å². The van der Waals surface area contributed by atoms with Crippen molar-refractivity contribution < 1.29 is 14.4 Å². The Hall–Kier alpha value is -2.23.